The molecule has 0 heterocycles. The molecule has 3 aromatic rings. The Bertz CT molecular complexity index is 1310. The van der Waals surface area contributed by atoms with E-state index < -0.39 is 28.5 Å². The van der Waals surface area contributed by atoms with Crippen LogP contribution < -0.4 is 14.4 Å². The van der Waals surface area contributed by atoms with E-state index in [1.54, 1.807) is 56.3 Å². The molecule has 202 valence electrons. The predicted molar refractivity (Wildman–Crippen MR) is 148 cm³/mol. The van der Waals surface area contributed by atoms with Gasteiger partial charge in [0.15, 0.2) is 0 Å². The van der Waals surface area contributed by atoms with Crippen molar-refractivity contribution in [2.75, 3.05) is 24.0 Å². The van der Waals surface area contributed by atoms with Crippen LogP contribution >= 0.6 is 0 Å². The van der Waals surface area contributed by atoms with Gasteiger partial charge in [0, 0.05) is 13.1 Å². The first-order valence-corrected chi connectivity index (χ1v) is 14.0. The van der Waals surface area contributed by atoms with Crippen molar-refractivity contribution in [2.45, 2.75) is 45.2 Å². The van der Waals surface area contributed by atoms with E-state index in [-0.39, 0.29) is 17.3 Å². The summed E-state index contributed by atoms with van der Waals surface area (Å²) in [6.07, 6.45) is 0. The third-order valence-electron chi connectivity index (χ3n) is 6.04. The molecule has 38 heavy (non-hydrogen) atoms. The number of hydrogen-bond donors (Lipinski definition) is 1. The van der Waals surface area contributed by atoms with Crippen molar-refractivity contribution in [1.82, 2.24) is 10.2 Å². The normalized spacial score (nSPS) is 11.9. The van der Waals surface area contributed by atoms with Crippen molar-refractivity contribution in [2.24, 2.45) is 0 Å². The molecule has 0 aliphatic rings. The standard InChI is InChI=1S/C29H35N3O5S/c1-5-30-29(34)23(4)31(20-24-14-12-22(3)13-15-24)28(33)21-32(25-10-8-7-9-11-25)38(35,36)27-18-16-26(17-19-27)37-6-2/h7-19,23H,5-6,20-21H2,1-4H3,(H,30,34). The Morgan fingerprint density at radius 2 is 1.55 bits per heavy atom. The minimum Gasteiger partial charge on any atom is -0.494 e. The second-order valence-electron chi connectivity index (χ2n) is 8.83. The lowest BCUT2D eigenvalue weighted by atomic mass is 10.1. The number of carbonyl (C=O) groups excluding carboxylic acids is 2. The number of amides is 2. The van der Waals surface area contributed by atoms with E-state index in [0.29, 0.717) is 24.6 Å². The van der Waals surface area contributed by atoms with Crippen LogP contribution in [-0.4, -0.2) is 50.9 Å². The summed E-state index contributed by atoms with van der Waals surface area (Å²) in [5.41, 5.74) is 2.25. The second kappa shape index (κ2) is 13.1. The van der Waals surface area contributed by atoms with Crippen LogP contribution in [0.5, 0.6) is 5.75 Å². The molecular weight excluding hydrogens is 502 g/mol. The largest absolute Gasteiger partial charge is 0.494 e. The van der Waals surface area contributed by atoms with Crippen LogP contribution in [0.1, 0.15) is 31.9 Å². The molecule has 1 unspecified atom stereocenters. The highest BCUT2D eigenvalue weighted by atomic mass is 32.2. The summed E-state index contributed by atoms with van der Waals surface area (Å²) >= 11 is 0. The lowest BCUT2D eigenvalue weighted by Crippen LogP contribution is -2.51. The van der Waals surface area contributed by atoms with E-state index in [9.17, 15) is 18.0 Å². The zero-order chi connectivity index (χ0) is 27.7. The van der Waals surface area contributed by atoms with Crippen LogP contribution in [0.15, 0.2) is 83.8 Å². The van der Waals surface area contributed by atoms with Crippen molar-refractivity contribution in [3.8, 4) is 5.75 Å². The Balaban J connectivity index is 1.98. The molecule has 0 bridgehead atoms. The van der Waals surface area contributed by atoms with Crippen LogP contribution in [0.25, 0.3) is 0 Å². The molecule has 1 atom stereocenters. The van der Waals surface area contributed by atoms with Gasteiger partial charge in [0.1, 0.15) is 18.3 Å². The van der Waals surface area contributed by atoms with E-state index in [4.69, 9.17) is 4.74 Å². The number of anilines is 1. The first-order valence-electron chi connectivity index (χ1n) is 12.6. The number of ether oxygens (including phenoxy) is 1. The first kappa shape index (κ1) is 28.7. The highest BCUT2D eigenvalue weighted by Gasteiger charge is 2.32. The van der Waals surface area contributed by atoms with Crippen LogP contribution in [0.3, 0.4) is 0 Å². The Labute approximate surface area is 225 Å². The van der Waals surface area contributed by atoms with Crippen LogP contribution in [0, 0.1) is 6.92 Å². The zero-order valence-corrected chi connectivity index (χ0v) is 23.1. The Morgan fingerprint density at radius 3 is 2.13 bits per heavy atom. The van der Waals surface area contributed by atoms with Crippen molar-refractivity contribution in [3.05, 3.63) is 90.0 Å². The molecule has 0 radical (unpaired) electrons. The molecule has 0 aromatic heterocycles. The Hall–Kier alpha value is -3.85. The summed E-state index contributed by atoms with van der Waals surface area (Å²) in [5.74, 6) is -0.259. The topological polar surface area (TPSA) is 96.0 Å². The average Bonchev–Trinajstić information content (AvgIpc) is 2.92. The minimum atomic E-state index is -4.12. The van der Waals surface area contributed by atoms with Gasteiger partial charge in [-0.25, -0.2) is 8.42 Å². The van der Waals surface area contributed by atoms with E-state index in [1.165, 1.54) is 17.0 Å². The number of sulfonamides is 1. The SMILES string of the molecule is CCNC(=O)C(C)N(Cc1ccc(C)cc1)C(=O)CN(c1ccccc1)S(=O)(=O)c1ccc(OCC)cc1. The van der Waals surface area contributed by atoms with Gasteiger partial charge in [0.05, 0.1) is 17.2 Å². The smallest absolute Gasteiger partial charge is 0.264 e. The maximum Gasteiger partial charge on any atom is 0.264 e. The number of likely N-dealkylation sites (N-methyl/N-ethyl adjacent to an activating group) is 1. The maximum absolute atomic E-state index is 13.8. The van der Waals surface area contributed by atoms with Crippen LogP contribution in [-0.2, 0) is 26.2 Å². The van der Waals surface area contributed by atoms with E-state index in [0.717, 1.165) is 15.4 Å². The fourth-order valence-electron chi connectivity index (χ4n) is 3.92. The summed E-state index contributed by atoms with van der Waals surface area (Å²) in [5, 5.41) is 2.76. The molecule has 3 aromatic carbocycles. The zero-order valence-electron chi connectivity index (χ0n) is 22.3. The molecule has 0 aliphatic carbocycles. The third kappa shape index (κ3) is 7.13. The van der Waals surface area contributed by atoms with E-state index in [1.807, 2.05) is 38.1 Å². The molecule has 0 fully saturated rings. The predicted octanol–water partition coefficient (Wildman–Crippen LogP) is 4.14. The molecule has 0 aliphatic heterocycles. The van der Waals surface area contributed by atoms with Gasteiger partial charge >= 0.3 is 0 Å². The van der Waals surface area contributed by atoms with Crippen molar-refractivity contribution in [1.29, 1.82) is 0 Å². The lowest BCUT2D eigenvalue weighted by molar-refractivity contribution is -0.139. The molecule has 3 rings (SSSR count). The van der Waals surface area contributed by atoms with Gasteiger partial charge in [-0.15, -0.1) is 0 Å². The quantitative estimate of drug-likeness (QED) is 0.375. The first-order chi connectivity index (χ1) is 18.2. The van der Waals surface area contributed by atoms with Gasteiger partial charge in [-0.05, 0) is 69.7 Å². The number of hydrogen-bond acceptors (Lipinski definition) is 5. The van der Waals surface area contributed by atoms with Crippen molar-refractivity contribution in [3.63, 3.8) is 0 Å². The second-order valence-corrected chi connectivity index (χ2v) is 10.7. The van der Waals surface area contributed by atoms with E-state index in [2.05, 4.69) is 5.32 Å². The summed E-state index contributed by atoms with van der Waals surface area (Å²) in [6.45, 7) is 7.81. The fraction of sp³-hybridized carbons (Fsp3) is 0.310. The molecule has 0 saturated carbocycles. The number of nitrogens with zero attached hydrogens (tertiary/aromatic N) is 2. The molecular formula is C29H35N3O5S. The number of benzene rings is 3. The molecule has 2 amide bonds. The Kier molecular flexibility index (Phi) is 9.90. The molecule has 0 saturated heterocycles. The summed E-state index contributed by atoms with van der Waals surface area (Å²) in [4.78, 5) is 28.0. The number of para-hydroxylation sites is 1. The molecule has 9 heteroatoms. The monoisotopic (exact) mass is 537 g/mol. The van der Waals surface area contributed by atoms with Gasteiger partial charge in [-0.1, -0.05) is 48.0 Å². The van der Waals surface area contributed by atoms with Crippen molar-refractivity contribution < 1.29 is 22.7 Å². The number of aryl methyl sites for hydroxylation is 1. The highest BCUT2D eigenvalue weighted by molar-refractivity contribution is 7.92. The van der Waals surface area contributed by atoms with Crippen LogP contribution in [0.2, 0.25) is 0 Å². The van der Waals surface area contributed by atoms with Gasteiger partial charge in [-0.2, -0.15) is 0 Å². The van der Waals surface area contributed by atoms with Gasteiger partial charge in [0.2, 0.25) is 11.8 Å². The van der Waals surface area contributed by atoms with Gasteiger partial charge in [-0.3, -0.25) is 13.9 Å². The van der Waals surface area contributed by atoms with E-state index >= 15 is 0 Å². The lowest BCUT2D eigenvalue weighted by Gasteiger charge is -2.32. The number of carbonyl (C=O) groups is 2. The van der Waals surface area contributed by atoms with Crippen molar-refractivity contribution >= 4 is 27.5 Å². The summed E-state index contributed by atoms with van der Waals surface area (Å²) in [6, 6.07) is 21.4. The van der Waals surface area contributed by atoms with Gasteiger partial charge < -0.3 is 15.0 Å². The maximum atomic E-state index is 13.8. The summed E-state index contributed by atoms with van der Waals surface area (Å²) < 4.78 is 34.1. The fourth-order valence-corrected chi connectivity index (χ4v) is 5.33. The third-order valence-corrected chi connectivity index (χ3v) is 7.83. The van der Waals surface area contributed by atoms with Crippen LogP contribution in [0.4, 0.5) is 5.69 Å². The molecule has 1 N–H and O–H groups in total. The summed E-state index contributed by atoms with van der Waals surface area (Å²) in [7, 11) is -4.12. The minimum absolute atomic E-state index is 0.0273. The number of rotatable bonds is 12. The Morgan fingerprint density at radius 1 is 0.921 bits per heavy atom. The molecule has 8 nitrogen and oxygen atoms in total. The average molecular weight is 538 g/mol. The number of nitrogens with one attached hydrogen (secondary N) is 1. The molecule has 0 spiro atoms. The van der Waals surface area contributed by atoms with Gasteiger partial charge in [0.25, 0.3) is 10.0 Å². The highest BCUT2D eigenvalue weighted by Crippen LogP contribution is 2.26.